The van der Waals surface area contributed by atoms with Crippen LogP contribution in [0.3, 0.4) is 0 Å². The van der Waals surface area contributed by atoms with E-state index in [-0.39, 0.29) is 0 Å². The highest BCUT2D eigenvalue weighted by Gasteiger charge is 2.28. The fourth-order valence-corrected chi connectivity index (χ4v) is 1.12. The fourth-order valence-electron chi connectivity index (χ4n) is 1.12. The fraction of sp³-hybridized carbons (Fsp3) is 0.308. The third-order valence-corrected chi connectivity index (χ3v) is 2.72. The summed E-state index contributed by atoms with van der Waals surface area (Å²) in [6.45, 7) is 9.37. The van der Waals surface area contributed by atoms with E-state index in [0.717, 1.165) is 5.69 Å². The van der Waals surface area contributed by atoms with Gasteiger partial charge in [0.05, 0.1) is 5.41 Å². The first kappa shape index (κ1) is 12.3. The first-order chi connectivity index (χ1) is 7.34. The van der Waals surface area contributed by atoms with Gasteiger partial charge in [-0.1, -0.05) is 24.3 Å². The van der Waals surface area contributed by atoms with Gasteiger partial charge in [0.2, 0.25) is 5.91 Å². The molecule has 16 heavy (non-hydrogen) atoms. The van der Waals surface area contributed by atoms with Crippen LogP contribution in [0, 0.1) is 12.3 Å². The van der Waals surface area contributed by atoms with Gasteiger partial charge < -0.3 is 11.1 Å². The zero-order valence-electron chi connectivity index (χ0n) is 10.0. The summed E-state index contributed by atoms with van der Waals surface area (Å²) < 4.78 is 0. The van der Waals surface area contributed by atoms with Gasteiger partial charge in [0.15, 0.2) is 0 Å². The summed E-state index contributed by atoms with van der Waals surface area (Å²) >= 11 is 0. The van der Waals surface area contributed by atoms with Gasteiger partial charge in [0.1, 0.15) is 0 Å². The van der Waals surface area contributed by atoms with Gasteiger partial charge in [0.25, 0.3) is 0 Å². The maximum atomic E-state index is 11.2. The molecule has 0 bridgehead atoms. The molecule has 1 aromatic carbocycles. The van der Waals surface area contributed by atoms with Crippen molar-refractivity contribution in [2.24, 2.45) is 11.1 Å². The molecule has 0 aliphatic heterocycles. The van der Waals surface area contributed by atoms with Crippen LogP contribution in [0.2, 0.25) is 0 Å². The average Bonchev–Trinajstić information content (AvgIpc) is 2.21. The van der Waals surface area contributed by atoms with Gasteiger partial charge in [-0.2, -0.15) is 0 Å². The Kier molecular flexibility index (Phi) is 3.38. The number of nitrogens with two attached hydrogens (primary N) is 1. The number of carbonyl (C=O) groups is 1. The number of hydrogen-bond donors (Lipinski definition) is 2. The Morgan fingerprint density at radius 2 is 1.81 bits per heavy atom. The minimum Gasteiger partial charge on any atom is -0.369 e. The summed E-state index contributed by atoms with van der Waals surface area (Å²) in [5, 5.41) is 3.10. The summed E-state index contributed by atoms with van der Waals surface area (Å²) in [5.41, 5.74) is 7.24. The minimum absolute atomic E-state index is 0.392. The third kappa shape index (κ3) is 2.63. The largest absolute Gasteiger partial charge is 0.369 e. The van der Waals surface area contributed by atoms with Crippen molar-refractivity contribution < 1.29 is 4.79 Å². The lowest BCUT2D eigenvalue weighted by atomic mass is 9.89. The third-order valence-electron chi connectivity index (χ3n) is 2.72. The summed E-state index contributed by atoms with van der Waals surface area (Å²) in [6, 6.07) is 7.87. The molecular formula is C13H18N2O. The Bertz CT molecular complexity index is 404. The van der Waals surface area contributed by atoms with Gasteiger partial charge in [-0.3, -0.25) is 4.79 Å². The molecule has 0 heterocycles. The van der Waals surface area contributed by atoms with Crippen molar-refractivity contribution in [3.63, 3.8) is 0 Å². The first-order valence-corrected chi connectivity index (χ1v) is 5.17. The number of carbonyl (C=O) groups excluding carboxylic acids is 1. The van der Waals surface area contributed by atoms with Crippen LogP contribution in [0.1, 0.15) is 19.4 Å². The highest BCUT2D eigenvalue weighted by atomic mass is 16.1. The molecule has 0 unspecified atom stereocenters. The van der Waals surface area contributed by atoms with Crippen LogP contribution in [0.4, 0.5) is 5.69 Å². The van der Waals surface area contributed by atoms with Crippen molar-refractivity contribution >= 4 is 11.6 Å². The molecule has 0 aromatic heterocycles. The monoisotopic (exact) mass is 218 g/mol. The van der Waals surface area contributed by atoms with Crippen LogP contribution in [0.25, 0.3) is 0 Å². The topological polar surface area (TPSA) is 55.1 Å². The summed E-state index contributed by atoms with van der Waals surface area (Å²) in [7, 11) is 0. The molecule has 1 aromatic rings. The lowest BCUT2D eigenvalue weighted by molar-refractivity contribution is -0.124. The van der Waals surface area contributed by atoms with E-state index in [1.807, 2.05) is 31.2 Å². The number of anilines is 1. The molecule has 3 nitrogen and oxygen atoms in total. The van der Waals surface area contributed by atoms with Gasteiger partial charge >= 0.3 is 0 Å². The van der Waals surface area contributed by atoms with Crippen molar-refractivity contribution in [1.29, 1.82) is 0 Å². The van der Waals surface area contributed by atoms with Crippen LogP contribution < -0.4 is 11.1 Å². The molecule has 0 spiro atoms. The van der Waals surface area contributed by atoms with Gasteiger partial charge in [-0.15, -0.1) is 0 Å². The molecule has 86 valence electrons. The van der Waals surface area contributed by atoms with Crippen LogP contribution in [-0.2, 0) is 4.79 Å². The van der Waals surface area contributed by atoms with E-state index in [9.17, 15) is 4.79 Å². The lowest BCUT2D eigenvalue weighted by Crippen LogP contribution is -2.35. The van der Waals surface area contributed by atoms with Gasteiger partial charge in [0, 0.05) is 11.4 Å². The zero-order valence-corrected chi connectivity index (χ0v) is 10.0. The Morgan fingerprint density at radius 1 is 1.31 bits per heavy atom. The molecule has 3 N–H and O–H groups in total. The molecule has 0 fully saturated rings. The van der Waals surface area contributed by atoms with Crippen molar-refractivity contribution in [3.05, 3.63) is 42.1 Å². The molecule has 1 rings (SSSR count). The molecule has 0 saturated carbocycles. The molecule has 0 aliphatic carbocycles. The molecular weight excluding hydrogens is 200 g/mol. The average molecular weight is 218 g/mol. The van der Waals surface area contributed by atoms with Gasteiger partial charge in [-0.05, 0) is 32.9 Å². The van der Waals surface area contributed by atoms with Crippen LogP contribution in [0.5, 0.6) is 0 Å². The zero-order chi connectivity index (χ0) is 12.3. The number of aryl methyl sites for hydroxylation is 1. The first-order valence-electron chi connectivity index (χ1n) is 5.17. The van der Waals surface area contributed by atoms with E-state index in [1.54, 1.807) is 13.8 Å². The van der Waals surface area contributed by atoms with Crippen LogP contribution >= 0.6 is 0 Å². The molecule has 3 heteroatoms. The maximum Gasteiger partial charge on any atom is 0.229 e. The Morgan fingerprint density at radius 3 is 2.25 bits per heavy atom. The van der Waals surface area contributed by atoms with Crippen LogP contribution in [0.15, 0.2) is 36.5 Å². The van der Waals surface area contributed by atoms with Crippen molar-refractivity contribution in [2.45, 2.75) is 20.8 Å². The van der Waals surface area contributed by atoms with E-state index in [2.05, 4.69) is 11.9 Å². The highest BCUT2D eigenvalue weighted by molar-refractivity contribution is 5.84. The Hall–Kier alpha value is -1.77. The second kappa shape index (κ2) is 4.39. The summed E-state index contributed by atoms with van der Waals surface area (Å²) in [6.07, 6.45) is 0. The van der Waals surface area contributed by atoms with Crippen molar-refractivity contribution in [1.82, 2.24) is 0 Å². The number of amides is 1. The van der Waals surface area contributed by atoms with E-state index >= 15 is 0 Å². The smallest absolute Gasteiger partial charge is 0.229 e. The maximum absolute atomic E-state index is 11.2. The summed E-state index contributed by atoms with van der Waals surface area (Å²) in [5.74, 6) is -0.392. The standard InChI is InChI=1S/C13H18N2O/c1-9-5-7-11(8-6-9)15-10(2)13(3,4)12(14)16/h5-8,15H,2H2,1,3-4H3,(H2,14,16). The second-order valence-corrected chi connectivity index (χ2v) is 4.46. The molecule has 1 amide bonds. The Balaban J connectivity index is 2.79. The van der Waals surface area contributed by atoms with E-state index in [4.69, 9.17) is 5.73 Å². The predicted molar refractivity (Wildman–Crippen MR) is 66.9 cm³/mol. The second-order valence-electron chi connectivity index (χ2n) is 4.46. The number of rotatable bonds is 4. The van der Waals surface area contributed by atoms with E-state index in [1.165, 1.54) is 5.56 Å². The van der Waals surface area contributed by atoms with E-state index < -0.39 is 11.3 Å². The van der Waals surface area contributed by atoms with Crippen molar-refractivity contribution in [3.8, 4) is 0 Å². The number of primary amides is 1. The predicted octanol–water partition coefficient (Wildman–Crippen LogP) is 2.43. The number of hydrogen-bond acceptors (Lipinski definition) is 2. The minimum atomic E-state index is -0.759. The normalized spacial score (nSPS) is 10.9. The van der Waals surface area contributed by atoms with Crippen molar-refractivity contribution in [2.75, 3.05) is 5.32 Å². The molecule has 0 atom stereocenters. The number of nitrogens with one attached hydrogen (secondary N) is 1. The number of benzene rings is 1. The molecule has 0 aliphatic rings. The molecule has 0 radical (unpaired) electrons. The van der Waals surface area contributed by atoms with E-state index in [0.29, 0.717) is 5.70 Å². The summed E-state index contributed by atoms with van der Waals surface area (Å²) in [4.78, 5) is 11.2. The SMILES string of the molecule is C=C(Nc1ccc(C)cc1)C(C)(C)C(N)=O. The lowest BCUT2D eigenvalue weighted by Gasteiger charge is -2.24. The Labute approximate surface area is 96.3 Å². The highest BCUT2D eigenvalue weighted by Crippen LogP contribution is 2.25. The van der Waals surface area contributed by atoms with Crippen LogP contribution in [-0.4, -0.2) is 5.91 Å². The molecule has 0 saturated heterocycles. The quantitative estimate of drug-likeness (QED) is 0.815. The van der Waals surface area contributed by atoms with Gasteiger partial charge in [-0.25, -0.2) is 0 Å².